The molecule has 0 aliphatic carbocycles. The number of benzene rings is 1. The van der Waals surface area contributed by atoms with Crippen LogP contribution in [0, 0.1) is 12.3 Å². The zero-order chi connectivity index (χ0) is 17.3. The summed E-state index contributed by atoms with van der Waals surface area (Å²) in [5, 5.41) is 21.1. The molecule has 0 fully saturated rings. The molecule has 2 aromatic rings. The van der Waals surface area contributed by atoms with Gasteiger partial charge in [0.2, 0.25) is 0 Å². The average molecular weight is 343 g/mol. The fraction of sp³-hybridized carbons (Fsp3) is 0.235. The molecule has 24 heavy (non-hydrogen) atoms. The summed E-state index contributed by atoms with van der Waals surface area (Å²) in [7, 11) is 1.35. The number of ether oxygens (including phenoxy) is 1. The summed E-state index contributed by atoms with van der Waals surface area (Å²) in [6.07, 6.45) is 0. The number of aromatic nitrogens is 1. The highest BCUT2D eigenvalue weighted by atomic mass is 32.1. The molecule has 0 spiro atoms. The number of thiazole rings is 1. The monoisotopic (exact) mass is 343 g/mol. The van der Waals surface area contributed by atoms with Crippen LogP contribution in [0.25, 0.3) is 5.57 Å². The van der Waals surface area contributed by atoms with Crippen molar-refractivity contribution in [2.75, 3.05) is 13.7 Å². The lowest BCUT2D eigenvalue weighted by atomic mass is 10.1. The molecule has 1 aromatic carbocycles. The quantitative estimate of drug-likeness (QED) is 0.834. The highest BCUT2D eigenvalue weighted by molar-refractivity contribution is 7.11. The van der Waals surface area contributed by atoms with E-state index in [-0.39, 0.29) is 24.1 Å². The smallest absolute Gasteiger partial charge is 0.337 e. The molecule has 0 saturated heterocycles. The molecular formula is C17H17N3O3S. The molecule has 0 saturated carbocycles. The van der Waals surface area contributed by atoms with Gasteiger partial charge in [0.25, 0.3) is 0 Å². The summed E-state index contributed by atoms with van der Waals surface area (Å²) in [4.78, 5) is 17.6. The number of methoxy groups -OCH3 is 1. The van der Waals surface area contributed by atoms with E-state index in [0.717, 1.165) is 11.3 Å². The predicted molar refractivity (Wildman–Crippen MR) is 92.3 cm³/mol. The Morgan fingerprint density at radius 2 is 2.12 bits per heavy atom. The summed E-state index contributed by atoms with van der Waals surface area (Å²) in [6.45, 7) is 2.64. The van der Waals surface area contributed by atoms with Gasteiger partial charge in [-0.3, -0.25) is 5.41 Å². The Labute approximate surface area is 143 Å². The van der Waals surface area contributed by atoms with Gasteiger partial charge in [0.05, 0.1) is 24.8 Å². The van der Waals surface area contributed by atoms with Gasteiger partial charge in [0.1, 0.15) is 16.6 Å². The van der Waals surface area contributed by atoms with Gasteiger partial charge in [-0.25, -0.2) is 9.78 Å². The lowest BCUT2D eigenvalue weighted by molar-refractivity contribution is 0.0600. The molecule has 1 aliphatic heterocycles. The molecule has 2 N–H and O–H groups in total. The molecular weight excluding hydrogens is 326 g/mol. The van der Waals surface area contributed by atoms with E-state index < -0.39 is 0 Å². The topological polar surface area (TPSA) is 86.5 Å². The molecule has 6 nitrogen and oxygen atoms in total. The van der Waals surface area contributed by atoms with Crippen LogP contribution < -0.4 is 0 Å². The van der Waals surface area contributed by atoms with Crippen LogP contribution in [-0.2, 0) is 11.3 Å². The molecule has 3 rings (SSSR count). The van der Waals surface area contributed by atoms with Crippen molar-refractivity contribution in [3.8, 4) is 0 Å². The van der Waals surface area contributed by atoms with E-state index >= 15 is 0 Å². The Morgan fingerprint density at radius 3 is 2.71 bits per heavy atom. The number of carbonyl (C=O) groups is 1. The third kappa shape index (κ3) is 3.03. The van der Waals surface area contributed by atoms with Crippen LogP contribution in [0.4, 0.5) is 0 Å². The summed E-state index contributed by atoms with van der Waals surface area (Å²) in [5.74, 6) is 0.0515. The Bertz CT molecular complexity index is 824. The molecule has 2 heterocycles. The van der Waals surface area contributed by atoms with Crippen molar-refractivity contribution < 1.29 is 14.6 Å². The van der Waals surface area contributed by atoms with E-state index in [1.54, 1.807) is 17.0 Å². The Hall–Kier alpha value is -2.67. The number of rotatable bonds is 4. The second-order valence-electron chi connectivity index (χ2n) is 5.51. The number of carbonyl (C=O) groups excluding carboxylic acids is 1. The number of nitrogens with zero attached hydrogens (tertiary/aromatic N) is 2. The highest BCUT2D eigenvalue weighted by Crippen LogP contribution is 2.30. The zero-order valence-electron chi connectivity index (χ0n) is 13.4. The molecule has 0 atom stereocenters. The number of aliphatic hydroxyl groups excluding tert-OH is 1. The first-order valence-corrected chi connectivity index (χ1v) is 8.23. The van der Waals surface area contributed by atoms with Crippen molar-refractivity contribution in [1.82, 2.24) is 9.88 Å². The number of esters is 1. The first kappa shape index (κ1) is 16.2. The van der Waals surface area contributed by atoms with E-state index in [9.17, 15) is 9.90 Å². The minimum atomic E-state index is -0.379. The average Bonchev–Trinajstić information content (AvgIpc) is 3.11. The number of aliphatic hydroxyl groups is 1. The van der Waals surface area contributed by atoms with Gasteiger partial charge in [0.15, 0.2) is 0 Å². The van der Waals surface area contributed by atoms with Gasteiger partial charge >= 0.3 is 5.97 Å². The van der Waals surface area contributed by atoms with Crippen molar-refractivity contribution in [3.63, 3.8) is 0 Å². The van der Waals surface area contributed by atoms with Crippen molar-refractivity contribution in [1.29, 1.82) is 5.41 Å². The van der Waals surface area contributed by atoms with Crippen molar-refractivity contribution in [2.45, 2.75) is 13.5 Å². The van der Waals surface area contributed by atoms with Gasteiger partial charge in [-0.2, -0.15) is 0 Å². The minimum Gasteiger partial charge on any atom is -0.510 e. The van der Waals surface area contributed by atoms with Crippen LogP contribution in [0.3, 0.4) is 0 Å². The van der Waals surface area contributed by atoms with E-state index in [4.69, 9.17) is 5.41 Å². The second-order valence-corrected chi connectivity index (χ2v) is 6.37. The lowest BCUT2D eigenvalue weighted by Crippen LogP contribution is -2.26. The van der Waals surface area contributed by atoms with Crippen LogP contribution in [0.15, 0.2) is 35.4 Å². The number of amidine groups is 1. The fourth-order valence-corrected chi connectivity index (χ4v) is 3.41. The van der Waals surface area contributed by atoms with Gasteiger partial charge in [0, 0.05) is 17.6 Å². The molecule has 0 radical (unpaired) electrons. The van der Waals surface area contributed by atoms with Crippen molar-refractivity contribution in [3.05, 3.63) is 57.2 Å². The van der Waals surface area contributed by atoms with Crippen LogP contribution in [0.2, 0.25) is 0 Å². The van der Waals surface area contributed by atoms with Gasteiger partial charge in [-0.15, -0.1) is 11.3 Å². The van der Waals surface area contributed by atoms with Crippen LogP contribution in [0.5, 0.6) is 0 Å². The van der Waals surface area contributed by atoms with Crippen LogP contribution in [-0.4, -0.2) is 40.4 Å². The number of nitrogens with one attached hydrogen (secondary N) is 1. The molecule has 124 valence electrons. The Balaban J connectivity index is 1.74. The second kappa shape index (κ2) is 6.45. The van der Waals surface area contributed by atoms with Crippen LogP contribution >= 0.6 is 11.3 Å². The third-order valence-electron chi connectivity index (χ3n) is 3.76. The standard InChI is InChI=1S/C17H17N3O3S/c1-10-9-24-16(19-10)14-13(21)8-20(15(14)18)7-11-3-5-12(6-4-11)17(22)23-2/h3-6,9,18,21H,7-8H2,1-2H3. The lowest BCUT2D eigenvalue weighted by Gasteiger charge is -2.18. The Kier molecular flexibility index (Phi) is 4.35. The van der Waals surface area contributed by atoms with Crippen molar-refractivity contribution in [2.24, 2.45) is 0 Å². The molecule has 7 heteroatoms. The van der Waals surface area contributed by atoms with Gasteiger partial charge in [-0.1, -0.05) is 12.1 Å². The first-order valence-electron chi connectivity index (χ1n) is 7.35. The predicted octanol–water partition coefficient (Wildman–Crippen LogP) is 3.00. The molecule has 0 bridgehead atoms. The van der Waals surface area contributed by atoms with E-state index in [1.807, 2.05) is 24.4 Å². The van der Waals surface area contributed by atoms with E-state index in [0.29, 0.717) is 22.7 Å². The number of hydrogen-bond acceptors (Lipinski definition) is 6. The SMILES string of the molecule is COC(=O)c1ccc(CN2CC(O)=C(c3nc(C)cs3)C2=N)cc1. The maximum atomic E-state index is 11.5. The van der Waals surface area contributed by atoms with Crippen LogP contribution in [0.1, 0.15) is 26.6 Å². The normalized spacial score (nSPS) is 14.4. The number of aryl methyl sites for hydroxylation is 1. The van der Waals surface area contributed by atoms with E-state index in [1.165, 1.54) is 18.4 Å². The molecule has 1 aromatic heterocycles. The largest absolute Gasteiger partial charge is 0.510 e. The van der Waals surface area contributed by atoms with Gasteiger partial charge < -0.3 is 14.7 Å². The zero-order valence-corrected chi connectivity index (χ0v) is 14.2. The minimum absolute atomic E-state index is 0.167. The van der Waals surface area contributed by atoms with E-state index in [2.05, 4.69) is 9.72 Å². The summed E-state index contributed by atoms with van der Waals surface area (Å²) < 4.78 is 4.68. The van der Waals surface area contributed by atoms with Gasteiger partial charge in [-0.05, 0) is 24.6 Å². The number of hydrogen-bond donors (Lipinski definition) is 2. The summed E-state index contributed by atoms with van der Waals surface area (Å²) in [5.41, 5.74) is 2.80. The molecule has 0 amide bonds. The maximum Gasteiger partial charge on any atom is 0.337 e. The third-order valence-corrected chi connectivity index (χ3v) is 4.74. The highest BCUT2D eigenvalue weighted by Gasteiger charge is 2.30. The first-order chi connectivity index (χ1) is 11.5. The summed E-state index contributed by atoms with van der Waals surface area (Å²) >= 11 is 1.42. The maximum absolute atomic E-state index is 11.5. The summed E-state index contributed by atoms with van der Waals surface area (Å²) in [6, 6.07) is 7.03. The fourth-order valence-electron chi connectivity index (χ4n) is 2.55. The Morgan fingerprint density at radius 1 is 1.42 bits per heavy atom. The molecule has 0 unspecified atom stereocenters. The molecule has 1 aliphatic rings. The van der Waals surface area contributed by atoms with Crippen molar-refractivity contribution >= 4 is 28.7 Å².